The molecule has 1 fully saturated rings. The van der Waals surface area contributed by atoms with Gasteiger partial charge in [0.1, 0.15) is 0 Å². The fourth-order valence-corrected chi connectivity index (χ4v) is 10.2. The summed E-state index contributed by atoms with van der Waals surface area (Å²) in [5.74, 6) is 0.315. The maximum absolute atomic E-state index is 5.17. The molecule has 62 heavy (non-hydrogen) atoms. The van der Waals surface area contributed by atoms with Gasteiger partial charge >= 0.3 is 0 Å². The van der Waals surface area contributed by atoms with Crippen LogP contribution in [0.3, 0.4) is 0 Å². The van der Waals surface area contributed by atoms with E-state index in [1.54, 1.807) is 0 Å². The van der Waals surface area contributed by atoms with Crippen LogP contribution in [-0.2, 0) is 5.41 Å². The van der Waals surface area contributed by atoms with Gasteiger partial charge in [0.15, 0.2) is 0 Å². The number of rotatable bonds is 8. The molecule has 2 aromatic heterocycles. The molecule has 0 spiro atoms. The summed E-state index contributed by atoms with van der Waals surface area (Å²) in [4.78, 5) is 10.3. The Balaban J connectivity index is 0.898. The van der Waals surface area contributed by atoms with Crippen LogP contribution >= 0.6 is 0 Å². The number of hydrogen-bond donors (Lipinski definition) is 0. The van der Waals surface area contributed by atoms with Crippen LogP contribution in [0, 0.1) is 0 Å². The molecule has 2 aliphatic rings. The van der Waals surface area contributed by atoms with E-state index >= 15 is 0 Å². The topological polar surface area (TPSA) is 25.8 Å². The maximum atomic E-state index is 5.17. The summed E-state index contributed by atoms with van der Waals surface area (Å²) in [5, 5.41) is 2.38. The van der Waals surface area contributed by atoms with Crippen LogP contribution in [-0.4, -0.2) is 9.97 Å². The Bertz CT molecular complexity index is 3090. The van der Waals surface area contributed by atoms with Crippen LogP contribution < -0.4 is 0 Å². The minimum absolute atomic E-state index is 0.0293. The molecule has 0 radical (unpaired) electrons. The van der Waals surface area contributed by atoms with Crippen molar-refractivity contribution < 1.29 is 0 Å². The molecule has 2 aliphatic carbocycles. The van der Waals surface area contributed by atoms with Crippen molar-refractivity contribution in [2.75, 3.05) is 0 Å². The molecule has 11 rings (SSSR count). The van der Waals surface area contributed by atoms with E-state index in [9.17, 15) is 0 Å². The highest BCUT2D eigenvalue weighted by Gasteiger charge is 2.37. The molecule has 1 atom stereocenters. The molecule has 1 unspecified atom stereocenters. The number of allylic oxidation sites excluding steroid dienone is 4. The van der Waals surface area contributed by atoms with Gasteiger partial charge in [-0.1, -0.05) is 195 Å². The zero-order valence-corrected chi connectivity index (χ0v) is 34.9. The molecule has 2 nitrogen and oxygen atoms in total. The van der Waals surface area contributed by atoms with Crippen molar-refractivity contribution >= 4 is 21.8 Å². The van der Waals surface area contributed by atoms with Gasteiger partial charge in [0.25, 0.3) is 0 Å². The van der Waals surface area contributed by atoms with Crippen LogP contribution in [0.15, 0.2) is 218 Å². The molecule has 1 saturated carbocycles. The van der Waals surface area contributed by atoms with E-state index in [1.807, 2.05) is 0 Å². The fourth-order valence-electron chi connectivity index (χ4n) is 10.2. The molecule has 0 N–H and O–H groups in total. The highest BCUT2D eigenvalue weighted by Crippen LogP contribution is 2.48. The molecular formula is C60H48N2. The van der Waals surface area contributed by atoms with Crippen molar-refractivity contribution in [1.29, 1.82) is 0 Å². The van der Waals surface area contributed by atoms with Gasteiger partial charge in [0, 0.05) is 33.2 Å². The molecule has 0 aliphatic heterocycles. The lowest BCUT2D eigenvalue weighted by Crippen LogP contribution is -2.31. The minimum Gasteiger partial charge on any atom is -0.248 e. The van der Waals surface area contributed by atoms with Gasteiger partial charge in [-0.25, -0.2) is 9.97 Å². The first-order valence-electron chi connectivity index (χ1n) is 22.3. The molecule has 2 heteroatoms. The molecule has 0 saturated heterocycles. The van der Waals surface area contributed by atoms with E-state index < -0.39 is 0 Å². The Morgan fingerprint density at radius 3 is 1.45 bits per heavy atom. The Morgan fingerprint density at radius 2 is 0.919 bits per heavy atom. The Labute approximate surface area is 365 Å². The first-order chi connectivity index (χ1) is 30.7. The smallest absolute Gasteiger partial charge is 0.0716 e. The van der Waals surface area contributed by atoms with Gasteiger partial charge in [-0.2, -0.15) is 0 Å². The van der Waals surface area contributed by atoms with Crippen LogP contribution in [0.25, 0.3) is 77.7 Å². The van der Waals surface area contributed by atoms with Crippen molar-refractivity contribution in [3.63, 3.8) is 0 Å². The van der Waals surface area contributed by atoms with Crippen LogP contribution in [0.2, 0.25) is 0 Å². The number of nitrogens with zero attached hydrogens (tertiary/aromatic N) is 2. The average Bonchev–Trinajstić information content (AvgIpc) is 3.36. The normalized spacial score (nSPS) is 16.0. The van der Waals surface area contributed by atoms with E-state index in [1.165, 1.54) is 93.0 Å². The quantitative estimate of drug-likeness (QED) is 0.153. The predicted molar refractivity (Wildman–Crippen MR) is 260 cm³/mol. The highest BCUT2D eigenvalue weighted by molar-refractivity contribution is 5.99. The standard InChI is InChI=1S/C60H48N2/c1-6-16-44(17-7-1)52-40-58(46-20-10-3-11-21-46)61-56-34-28-48(38-54(52)56)42-24-30-50(31-25-42)60(36-14-5-15-37-60)51-32-26-43(27-33-51)49-29-35-57-55(39-49)53(45-18-8-2-9-19-45)41-59(62-57)47-22-12-4-13-23-47/h1-4,6-13,16-26,28-35,38-41,43H,5,14-15,27,36-37H2. The van der Waals surface area contributed by atoms with E-state index in [0.29, 0.717) is 5.92 Å². The first-order valence-corrected chi connectivity index (χ1v) is 22.3. The SMILES string of the molecule is C1=CC(c2ccc3nc(-c4ccccc4)cc(-c4ccccc4)c3c2)CC=C1C1(c2ccc(-c3ccc4nc(-c5ccccc5)cc(-c5ccccc5)c4c3)cc2)CCCCC1. The summed E-state index contributed by atoms with van der Waals surface area (Å²) in [6.07, 6.45) is 14.7. The molecule has 2 heterocycles. The highest BCUT2D eigenvalue weighted by atomic mass is 14.7. The van der Waals surface area contributed by atoms with Gasteiger partial charge in [-0.05, 0) is 106 Å². The lowest BCUT2D eigenvalue weighted by molar-refractivity contribution is 0.343. The van der Waals surface area contributed by atoms with Crippen molar-refractivity contribution in [2.45, 2.75) is 49.9 Å². The van der Waals surface area contributed by atoms with E-state index in [-0.39, 0.29) is 5.41 Å². The second kappa shape index (κ2) is 16.4. The molecule has 0 amide bonds. The average molecular weight is 797 g/mol. The van der Waals surface area contributed by atoms with Gasteiger partial charge in [0.2, 0.25) is 0 Å². The Kier molecular flexibility index (Phi) is 9.98. The summed E-state index contributed by atoms with van der Waals surface area (Å²) < 4.78 is 0. The molecule has 298 valence electrons. The Hall–Kier alpha value is -7.16. The second-order valence-corrected chi connectivity index (χ2v) is 17.2. The van der Waals surface area contributed by atoms with Gasteiger partial charge < -0.3 is 0 Å². The van der Waals surface area contributed by atoms with Crippen molar-refractivity contribution in [3.8, 4) is 55.9 Å². The van der Waals surface area contributed by atoms with Gasteiger partial charge in [-0.3, -0.25) is 0 Å². The summed E-state index contributed by atoms with van der Waals surface area (Å²) in [6.45, 7) is 0. The van der Waals surface area contributed by atoms with Crippen molar-refractivity contribution in [3.05, 3.63) is 229 Å². The maximum Gasteiger partial charge on any atom is 0.0716 e. The van der Waals surface area contributed by atoms with Crippen LogP contribution in [0.4, 0.5) is 0 Å². The fraction of sp³-hybridized carbons (Fsp3) is 0.133. The van der Waals surface area contributed by atoms with E-state index in [4.69, 9.17) is 9.97 Å². The van der Waals surface area contributed by atoms with E-state index in [2.05, 4.69) is 212 Å². The van der Waals surface area contributed by atoms with Gasteiger partial charge in [0.05, 0.1) is 22.4 Å². The summed E-state index contributed by atoms with van der Waals surface area (Å²) in [7, 11) is 0. The first kappa shape index (κ1) is 37.8. The van der Waals surface area contributed by atoms with Crippen LogP contribution in [0.1, 0.15) is 55.6 Å². The summed E-state index contributed by atoms with van der Waals surface area (Å²) in [5.41, 5.74) is 17.9. The predicted octanol–water partition coefficient (Wildman–Crippen LogP) is 16.0. The third-order valence-electron chi connectivity index (χ3n) is 13.5. The Morgan fingerprint density at radius 1 is 0.419 bits per heavy atom. The monoisotopic (exact) mass is 796 g/mol. The minimum atomic E-state index is 0.0293. The largest absolute Gasteiger partial charge is 0.248 e. The third kappa shape index (κ3) is 7.16. The molecular weight excluding hydrogens is 749 g/mol. The molecule has 0 bridgehead atoms. The number of aromatic nitrogens is 2. The number of hydrogen-bond acceptors (Lipinski definition) is 2. The second-order valence-electron chi connectivity index (χ2n) is 17.2. The van der Waals surface area contributed by atoms with E-state index in [0.717, 1.165) is 40.0 Å². The molecule has 7 aromatic carbocycles. The van der Waals surface area contributed by atoms with Crippen molar-refractivity contribution in [1.82, 2.24) is 9.97 Å². The lowest BCUT2D eigenvalue weighted by atomic mass is 9.63. The number of fused-ring (bicyclic) bond motifs is 2. The van der Waals surface area contributed by atoms with Gasteiger partial charge in [-0.15, -0.1) is 0 Å². The summed E-state index contributed by atoms with van der Waals surface area (Å²) in [6, 6.07) is 70.3. The molecule has 9 aromatic rings. The number of pyridine rings is 2. The van der Waals surface area contributed by atoms with Crippen LogP contribution in [0.5, 0.6) is 0 Å². The summed E-state index contributed by atoms with van der Waals surface area (Å²) >= 11 is 0. The number of benzene rings is 7. The van der Waals surface area contributed by atoms with Crippen molar-refractivity contribution in [2.24, 2.45) is 0 Å². The zero-order valence-electron chi connectivity index (χ0n) is 34.9. The third-order valence-corrected chi connectivity index (χ3v) is 13.5. The lowest BCUT2D eigenvalue weighted by Gasteiger charge is -2.40. The zero-order chi connectivity index (χ0) is 41.3.